The van der Waals surface area contributed by atoms with Gasteiger partial charge in [0, 0.05) is 23.4 Å². The summed E-state index contributed by atoms with van der Waals surface area (Å²) in [7, 11) is 0. The number of aryl methyl sites for hydroxylation is 3. The molecule has 98 valence electrons. The molecule has 0 amide bonds. The minimum Gasteiger partial charge on any atom is -0.267 e. The fourth-order valence-electron chi connectivity index (χ4n) is 1.95. The van der Waals surface area contributed by atoms with Gasteiger partial charge in [-0.25, -0.2) is 4.68 Å². The van der Waals surface area contributed by atoms with Crippen LogP contribution in [-0.4, -0.2) is 20.6 Å². The van der Waals surface area contributed by atoms with Gasteiger partial charge in [-0.2, -0.15) is 5.10 Å². The van der Waals surface area contributed by atoms with Crippen molar-refractivity contribution < 1.29 is 9.72 Å². The van der Waals surface area contributed by atoms with Crippen LogP contribution >= 0.6 is 0 Å². The number of carbonyl (C=O) groups excluding carboxylic acids is 1. The number of nitrogens with zero attached hydrogens (tertiary/aromatic N) is 3. The summed E-state index contributed by atoms with van der Waals surface area (Å²) >= 11 is 0. The topological polar surface area (TPSA) is 78.0 Å². The molecule has 0 spiro atoms. The van der Waals surface area contributed by atoms with Gasteiger partial charge in [-0.05, 0) is 38.5 Å². The predicted molar refractivity (Wildman–Crippen MR) is 69.3 cm³/mol. The molecule has 0 bridgehead atoms. The zero-order chi connectivity index (χ0) is 14.2. The Morgan fingerprint density at radius 1 is 1.26 bits per heavy atom. The highest BCUT2D eigenvalue weighted by molar-refractivity contribution is 5.97. The van der Waals surface area contributed by atoms with Gasteiger partial charge in [-0.1, -0.05) is 0 Å². The van der Waals surface area contributed by atoms with Gasteiger partial charge < -0.3 is 0 Å². The number of non-ortho nitro benzene ring substituents is 1. The maximum atomic E-state index is 12.3. The maximum Gasteiger partial charge on any atom is 0.278 e. The highest BCUT2D eigenvalue weighted by atomic mass is 16.6. The molecule has 1 aromatic carbocycles. The first kappa shape index (κ1) is 12.9. The summed E-state index contributed by atoms with van der Waals surface area (Å²) in [5.74, 6) is -0.280. The van der Waals surface area contributed by atoms with Crippen molar-refractivity contribution in [3.8, 4) is 0 Å². The molecule has 6 nitrogen and oxygen atoms in total. The second-order valence-corrected chi connectivity index (χ2v) is 4.40. The summed E-state index contributed by atoms with van der Waals surface area (Å²) in [6, 6.07) is 5.98. The number of nitro groups is 1. The van der Waals surface area contributed by atoms with Crippen LogP contribution < -0.4 is 0 Å². The van der Waals surface area contributed by atoms with Crippen molar-refractivity contribution in [2.45, 2.75) is 20.8 Å². The van der Waals surface area contributed by atoms with Crippen molar-refractivity contribution in [1.29, 1.82) is 0 Å². The Morgan fingerprint density at radius 3 is 2.42 bits per heavy atom. The van der Waals surface area contributed by atoms with E-state index in [4.69, 9.17) is 0 Å². The molecule has 0 atom stereocenters. The molecule has 0 radical (unpaired) electrons. The molecule has 6 heteroatoms. The Hall–Kier alpha value is -2.50. The van der Waals surface area contributed by atoms with E-state index in [0.717, 1.165) is 11.4 Å². The summed E-state index contributed by atoms with van der Waals surface area (Å²) in [5.41, 5.74) is 2.44. The van der Waals surface area contributed by atoms with E-state index < -0.39 is 4.92 Å². The van der Waals surface area contributed by atoms with Crippen LogP contribution in [0.2, 0.25) is 0 Å². The molecule has 1 heterocycles. The van der Waals surface area contributed by atoms with E-state index in [1.54, 1.807) is 26.8 Å². The van der Waals surface area contributed by atoms with Gasteiger partial charge >= 0.3 is 0 Å². The van der Waals surface area contributed by atoms with Gasteiger partial charge in [0.05, 0.1) is 10.6 Å². The van der Waals surface area contributed by atoms with Crippen LogP contribution in [0.5, 0.6) is 0 Å². The SMILES string of the molecule is Cc1cc(C)n(C(=O)c2ccc([N+](=O)[O-])cc2C)n1. The van der Waals surface area contributed by atoms with Crippen LogP contribution in [0, 0.1) is 30.9 Å². The van der Waals surface area contributed by atoms with Crippen molar-refractivity contribution in [2.75, 3.05) is 0 Å². The number of carbonyl (C=O) groups is 1. The summed E-state index contributed by atoms with van der Waals surface area (Å²) in [6.45, 7) is 5.27. The van der Waals surface area contributed by atoms with Crippen LogP contribution in [0.25, 0.3) is 0 Å². The summed E-state index contributed by atoms with van der Waals surface area (Å²) in [4.78, 5) is 22.5. The number of nitro benzene ring substituents is 1. The lowest BCUT2D eigenvalue weighted by atomic mass is 10.1. The van der Waals surface area contributed by atoms with Gasteiger partial charge in [0.2, 0.25) is 0 Å². The Balaban J connectivity index is 2.45. The summed E-state index contributed by atoms with van der Waals surface area (Å²) in [6.07, 6.45) is 0. The molecule has 0 aliphatic heterocycles. The van der Waals surface area contributed by atoms with Crippen molar-refractivity contribution in [1.82, 2.24) is 9.78 Å². The van der Waals surface area contributed by atoms with E-state index in [9.17, 15) is 14.9 Å². The van der Waals surface area contributed by atoms with Gasteiger partial charge in [0.25, 0.3) is 11.6 Å². The third-order valence-corrected chi connectivity index (χ3v) is 2.85. The number of benzene rings is 1. The average molecular weight is 259 g/mol. The number of hydrogen-bond acceptors (Lipinski definition) is 4. The lowest BCUT2D eigenvalue weighted by Gasteiger charge is -2.06. The molecule has 0 saturated heterocycles. The largest absolute Gasteiger partial charge is 0.278 e. The smallest absolute Gasteiger partial charge is 0.267 e. The normalized spacial score (nSPS) is 10.5. The van der Waals surface area contributed by atoms with Crippen LogP contribution in [-0.2, 0) is 0 Å². The van der Waals surface area contributed by atoms with E-state index in [-0.39, 0.29) is 11.6 Å². The minimum absolute atomic E-state index is 0.0255. The summed E-state index contributed by atoms with van der Waals surface area (Å²) in [5, 5.41) is 14.8. The van der Waals surface area contributed by atoms with Gasteiger partial charge in [-0.3, -0.25) is 14.9 Å². The molecule has 19 heavy (non-hydrogen) atoms. The molecule has 0 N–H and O–H groups in total. The second-order valence-electron chi connectivity index (χ2n) is 4.40. The van der Waals surface area contributed by atoms with E-state index >= 15 is 0 Å². The van der Waals surface area contributed by atoms with Crippen LogP contribution in [0.4, 0.5) is 5.69 Å². The first-order valence-electron chi connectivity index (χ1n) is 5.73. The third kappa shape index (κ3) is 2.37. The lowest BCUT2D eigenvalue weighted by Crippen LogP contribution is -2.16. The first-order chi connectivity index (χ1) is 8.90. The molecule has 0 aliphatic rings. The van der Waals surface area contributed by atoms with E-state index in [0.29, 0.717) is 11.1 Å². The number of rotatable bonds is 2. The van der Waals surface area contributed by atoms with Gasteiger partial charge in [0.15, 0.2) is 0 Å². The van der Waals surface area contributed by atoms with Gasteiger partial charge in [-0.15, -0.1) is 0 Å². The standard InChI is InChI=1S/C13H13N3O3/c1-8-6-11(16(18)19)4-5-12(8)13(17)15-10(3)7-9(2)14-15/h4-7H,1-3H3. The zero-order valence-electron chi connectivity index (χ0n) is 10.9. The van der Waals surface area contributed by atoms with Crippen molar-refractivity contribution in [3.63, 3.8) is 0 Å². The van der Waals surface area contributed by atoms with E-state index in [2.05, 4.69) is 5.10 Å². The quantitative estimate of drug-likeness (QED) is 0.612. The first-order valence-corrected chi connectivity index (χ1v) is 5.73. The Labute approximate surface area is 109 Å². The average Bonchev–Trinajstić information content (AvgIpc) is 2.67. The third-order valence-electron chi connectivity index (χ3n) is 2.85. The van der Waals surface area contributed by atoms with Crippen LogP contribution in [0.3, 0.4) is 0 Å². The van der Waals surface area contributed by atoms with Crippen molar-refractivity contribution in [3.05, 3.63) is 56.9 Å². The molecule has 0 unspecified atom stereocenters. The molecular formula is C13H13N3O3. The molecule has 0 fully saturated rings. The molecule has 2 aromatic rings. The second kappa shape index (κ2) is 4.64. The molecule has 0 aliphatic carbocycles. The fourth-order valence-corrected chi connectivity index (χ4v) is 1.95. The predicted octanol–water partition coefficient (Wildman–Crippen LogP) is 2.41. The molecule has 0 saturated carbocycles. The highest BCUT2D eigenvalue weighted by Crippen LogP contribution is 2.18. The number of aromatic nitrogens is 2. The summed E-state index contributed by atoms with van der Waals surface area (Å²) < 4.78 is 1.31. The molecule has 2 rings (SSSR count). The Morgan fingerprint density at radius 2 is 1.95 bits per heavy atom. The molecular weight excluding hydrogens is 246 g/mol. The number of hydrogen-bond donors (Lipinski definition) is 0. The highest BCUT2D eigenvalue weighted by Gasteiger charge is 2.17. The minimum atomic E-state index is -0.482. The van der Waals surface area contributed by atoms with Crippen LogP contribution in [0.1, 0.15) is 27.3 Å². The zero-order valence-corrected chi connectivity index (χ0v) is 10.9. The maximum absolute atomic E-state index is 12.3. The lowest BCUT2D eigenvalue weighted by molar-refractivity contribution is -0.384. The Bertz CT molecular complexity index is 674. The van der Waals surface area contributed by atoms with E-state index in [1.807, 2.05) is 0 Å². The molecule has 1 aromatic heterocycles. The van der Waals surface area contributed by atoms with Crippen molar-refractivity contribution >= 4 is 11.6 Å². The fraction of sp³-hybridized carbons (Fsp3) is 0.231. The Kier molecular flexibility index (Phi) is 3.16. The monoisotopic (exact) mass is 259 g/mol. The van der Waals surface area contributed by atoms with Gasteiger partial charge in [0.1, 0.15) is 0 Å². The van der Waals surface area contributed by atoms with Crippen LogP contribution in [0.15, 0.2) is 24.3 Å². The van der Waals surface area contributed by atoms with E-state index in [1.165, 1.54) is 22.9 Å². The van der Waals surface area contributed by atoms with Crippen molar-refractivity contribution in [2.24, 2.45) is 0 Å².